The monoisotopic (exact) mass is 206 g/mol. The molecule has 2 rings (SSSR count). The summed E-state index contributed by atoms with van der Waals surface area (Å²) < 4.78 is 6.41. The Hall–Kier alpha value is -2.04. The average Bonchev–Trinajstić information content (AvgIpc) is 2.25. The van der Waals surface area contributed by atoms with Crippen molar-refractivity contribution in [1.29, 1.82) is 0 Å². The van der Waals surface area contributed by atoms with E-state index in [-0.39, 0.29) is 0 Å². The van der Waals surface area contributed by atoms with E-state index in [1.165, 1.54) is 11.7 Å². The molecular weight excluding hydrogens is 196 g/mol. The Morgan fingerprint density at radius 2 is 2.07 bits per heavy atom. The number of aryl methyl sites for hydroxylation is 1. The van der Waals surface area contributed by atoms with Crippen molar-refractivity contribution in [2.24, 2.45) is 7.05 Å². The Bertz CT molecular complexity index is 625. The lowest BCUT2D eigenvalue weighted by Gasteiger charge is -2.08. The molecule has 0 fully saturated rings. The predicted molar refractivity (Wildman–Crippen MR) is 56.4 cm³/mol. The van der Waals surface area contributed by atoms with Crippen LogP contribution in [0.25, 0.3) is 11.0 Å². The van der Waals surface area contributed by atoms with Crippen molar-refractivity contribution in [3.05, 3.63) is 38.9 Å². The highest BCUT2D eigenvalue weighted by Crippen LogP contribution is 2.20. The van der Waals surface area contributed by atoms with Gasteiger partial charge in [-0.1, -0.05) is 6.07 Å². The van der Waals surface area contributed by atoms with E-state index < -0.39 is 11.1 Å². The molecule has 1 heterocycles. The predicted octanol–water partition coefficient (Wildman–Crippen LogP) is 0.235. The summed E-state index contributed by atoms with van der Waals surface area (Å²) in [7, 11) is 3.06. The number of methoxy groups -OCH3 is 1. The van der Waals surface area contributed by atoms with E-state index in [1.807, 2.05) is 0 Å². The van der Waals surface area contributed by atoms with Crippen LogP contribution in [0.15, 0.2) is 27.8 Å². The highest BCUT2D eigenvalue weighted by atomic mass is 16.5. The highest BCUT2D eigenvalue weighted by Gasteiger charge is 2.08. The molecule has 1 aromatic heterocycles. The van der Waals surface area contributed by atoms with Gasteiger partial charge in [0.25, 0.3) is 0 Å². The number of benzene rings is 1. The SMILES string of the molecule is COc1cccc2[nH]c(=O)c(=O)n(C)c12. The van der Waals surface area contributed by atoms with Crippen molar-refractivity contribution in [2.75, 3.05) is 7.11 Å². The molecule has 0 aliphatic rings. The Labute approximate surface area is 84.9 Å². The zero-order valence-electron chi connectivity index (χ0n) is 8.40. The van der Waals surface area contributed by atoms with Crippen molar-refractivity contribution in [2.45, 2.75) is 0 Å². The van der Waals surface area contributed by atoms with Gasteiger partial charge in [-0.15, -0.1) is 0 Å². The van der Waals surface area contributed by atoms with Gasteiger partial charge < -0.3 is 14.3 Å². The number of rotatable bonds is 1. The molecule has 5 nitrogen and oxygen atoms in total. The van der Waals surface area contributed by atoms with Crippen LogP contribution in [0.3, 0.4) is 0 Å². The number of fused-ring (bicyclic) bond motifs is 1. The fraction of sp³-hybridized carbons (Fsp3) is 0.200. The third kappa shape index (κ3) is 1.32. The summed E-state index contributed by atoms with van der Waals surface area (Å²) >= 11 is 0. The van der Waals surface area contributed by atoms with Crippen LogP contribution in [-0.2, 0) is 7.05 Å². The van der Waals surface area contributed by atoms with Gasteiger partial charge in [0.05, 0.1) is 12.6 Å². The molecule has 5 heteroatoms. The van der Waals surface area contributed by atoms with Gasteiger partial charge in [-0.2, -0.15) is 0 Å². The normalized spacial score (nSPS) is 10.5. The number of hydrogen-bond donors (Lipinski definition) is 1. The first-order chi connectivity index (χ1) is 7.15. The second kappa shape index (κ2) is 3.27. The molecule has 0 atom stereocenters. The van der Waals surface area contributed by atoms with Crippen molar-refractivity contribution in [3.8, 4) is 5.75 Å². The molecule has 0 bridgehead atoms. The zero-order chi connectivity index (χ0) is 11.0. The van der Waals surface area contributed by atoms with Crippen LogP contribution in [-0.4, -0.2) is 16.7 Å². The van der Waals surface area contributed by atoms with Gasteiger partial charge in [0.2, 0.25) is 0 Å². The summed E-state index contributed by atoms with van der Waals surface area (Å²) in [6.07, 6.45) is 0. The van der Waals surface area contributed by atoms with Crippen LogP contribution in [0.2, 0.25) is 0 Å². The quantitative estimate of drug-likeness (QED) is 0.679. The summed E-state index contributed by atoms with van der Waals surface area (Å²) in [6.45, 7) is 0. The summed E-state index contributed by atoms with van der Waals surface area (Å²) in [5, 5.41) is 0. The molecule has 2 aromatic rings. The smallest absolute Gasteiger partial charge is 0.316 e. The number of aromatic amines is 1. The summed E-state index contributed by atoms with van der Waals surface area (Å²) in [5.41, 5.74) is -0.0451. The molecule has 0 spiro atoms. The molecule has 0 aliphatic heterocycles. The van der Waals surface area contributed by atoms with E-state index in [2.05, 4.69) is 4.98 Å². The first-order valence-electron chi connectivity index (χ1n) is 4.41. The zero-order valence-corrected chi connectivity index (χ0v) is 8.40. The number of H-pyrrole nitrogens is 1. The minimum absolute atomic E-state index is 0.559. The minimum atomic E-state index is -0.627. The summed E-state index contributed by atoms with van der Waals surface area (Å²) in [6, 6.07) is 5.21. The Balaban J connectivity index is 3.06. The number of hydrogen-bond acceptors (Lipinski definition) is 3. The van der Waals surface area contributed by atoms with Crippen LogP contribution >= 0.6 is 0 Å². The van der Waals surface area contributed by atoms with Gasteiger partial charge in [0.15, 0.2) is 0 Å². The largest absolute Gasteiger partial charge is 0.494 e. The summed E-state index contributed by atoms with van der Waals surface area (Å²) in [5.74, 6) is 0.559. The third-order valence-corrected chi connectivity index (χ3v) is 2.30. The molecular formula is C10H10N2O3. The van der Waals surface area contributed by atoms with E-state index in [4.69, 9.17) is 4.74 Å². The molecule has 1 N–H and O–H groups in total. The molecule has 0 amide bonds. The Morgan fingerprint density at radius 1 is 1.33 bits per heavy atom. The maximum Gasteiger partial charge on any atom is 0.316 e. The molecule has 1 aromatic carbocycles. The second-order valence-corrected chi connectivity index (χ2v) is 3.17. The number of aromatic nitrogens is 2. The first kappa shape index (κ1) is 9.51. The average molecular weight is 206 g/mol. The third-order valence-electron chi connectivity index (χ3n) is 2.30. The Kier molecular flexibility index (Phi) is 2.07. The standard InChI is InChI=1S/C10H10N2O3/c1-12-8-6(11-9(13)10(12)14)4-3-5-7(8)15-2/h3-5H,1-2H3,(H,11,13). The molecule has 0 unspecified atom stereocenters. The summed E-state index contributed by atoms with van der Waals surface area (Å²) in [4.78, 5) is 25.1. The van der Waals surface area contributed by atoms with Gasteiger partial charge in [-0.05, 0) is 12.1 Å². The van der Waals surface area contributed by atoms with E-state index in [0.29, 0.717) is 16.8 Å². The van der Waals surface area contributed by atoms with Crippen molar-refractivity contribution in [3.63, 3.8) is 0 Å². The van der Waals surface area contributed by atoms with Gasteiger partial charge >= 0.3 is 11.1 Å². The minimum Gasteiger partial charge on any atom is -0.494 e. The van der Waals surface area contributed by atoms with Crippen LogP contribution in [0.4, 0.5) is 0 Å². The number of ether oxygens (including phenoxy) is 1. The van der Waals surface area contributed by atoms with Crippen molar-refractivity contribution >= 4 is 11.0 Å². The molecule has 15 heavy (non-hydrogen) atoms. The molecule has 0 saturated heterocycles. The van der Waals surface area contributed by atoms with E-state index >= 15 is 0 Å². The number of nitrogens with zero attached hydrogens (tertiary/aromatic N) is 1. The fourth-order valence-corrected chi connectivity index (χ4v) is 1.56. The molecule has 0 saturated carbocycles. The van der Waals surface area contributed by atoms with Gasteiger partial charge in [0.1, 0.15) is 11.3 Å². The van der Waals surface area contributed by atoms with Crippen LogP contribution in [0.1, 0.15) is 0 Å². The fourth-order valence-electron chi connectivity index (χ4n) is 1.56. The lowest BCUT2D eigenvalue weighted by Crippen LogP contribution is -2.34. The van der Waals surface area contributed by atoms with E-state index in [1.54, 1.807) is 25.2 Å². The lowest BCUT2D eigenvalue weighted by molar-refractivity contribution is 0.417. The maximum atomic E-state index is 11.4. The highest BCUT2D eigenvalue weighted by molar-refractivity contribution is 5.81. The lowest BCUT2D eigenvalue weighted by atomic mass is 10.2. The van der Waals surface area contributed by atoms with Crippen molar-refractivity contribution in [1.82, 2.24) is 9.55 Å². The van der Waals surface area contributed by atoms with Crippen LogP contribution in [0, 0.1) is 0 Å². The van der Waals surface area contributed by atoms with Gasteiger partial charge in [-0.3, -0.25) is 9.59 Å². The van der Waals surface area contributed by atoms with Crippen molar-refractivity contribution < 1.29 is 4.74 Å². The van der Waals surface area contributed by atoms with Gasteiger partial charge in [0, 0.05) is 7.05 Å². The van der Waals surface area contributed by atoms with E-state index in [9.17, 15) is 9.59 Å². The van der Waals surface area contributed by atoms with Gasteiger partial charge in [-0.25, -0.2) is 0 Å². The molecule has 78 valence electrons. The topological polar surface area (TPSA) is 64.1 Å². The number of nitrogens with one attached hydrogen (secondary N) is 1. The Morgan fingerprint density at radius 3 is 2.73 bits per heavy atom. The van der Waals surface area contributed by atoms with E-state index in [0.717, 1.165) is 0 Å². The number of para-hydroxylation sites is 1. The van der Waals surface area contributed by atoms with Crippen LogP contribution < -0.4 is 15.9 Å². The first-order valence-corrected chi connectivity index (χ1v) is 4.41. The van der Waals surface area contributed by atoms with Crippen LogP contribution in [0.5, 0.6) is 5.75 Å². The molecule has 0 aliphatic carbocycles. The second-order valence-electron chi connectivity index (χ2n) is 3.17. The molecule has 0 radical (unpaired) electrons. The maximum absolute atomic E-state index is 11.4.